The number of aliphatic hydroxyl groups is 1. The van der Waals surface area contributed by atoms with E-state index >= 15 is 0 Å². The van der Waals surface area contributed by atoms with Gasteiger partial charge in [-0.3, -0.25) is 15.5 Å². The number of aliphatic imine (C=N–C) groups is 1. The van der Waals surface area contributed by atoms with E-state index in [9.17, 15) is 31.9 Å². The van der Waals surface area contributed by atoms with Crippen molar-refractivity contribution in [1.82, 2.24) is 31.9 Å². The molecule has 37 heavy (non-hydrogen) atoms. The molecule has 2 saturated heterocycles. The number of guanidine groups is 1. The molecule has 2 aliphatic carbocycles. The molecule has 0 aromatic heterocycles. The van der Waals surface area contributed by atoms with Crippen LogP contribution >= 0.6 is 11.6 Å². The molecule has 6 N–H and O–H groups in total. The first-order valence-corrected chi connectivity index (χ1v) is 13.1. The van der Waals surface area contributed by atoms with Gasteiger partial charge >= 0.3 is 6.18 Å². The molecule has 4 rings (SSSR count). The van der Waals surface area contributed by atoms with Gasteiger partial charge in [0.2, 0.25) is 5.91 Å². The normalized spacial score (nSPS) is 42.1. The van der Waals surface area contributed by atoms with Crippen molar-refractivity contribution in [2.24, 2.45) is 16.8 Å². The molecule has 4 aliphatic rings. The third-order valence-corrected chi connectivity index (χ3v) is 8.00. The van der Waals surface area contributed by atoms with Crippen LogP contribution in [-0.2, 0) is 4.79 Å². The topological polar surface area (TPSA) is 113 Å². The molecule has 212 valence electrons. The number of carbonyl (C=O) groups excluding carboxylic acids is 1. The van der Waals surface area contributed by atoms with Gasteiger partial charge in [0.25, 0.3) is 0 Å². The molecule has 2 aliphatic heterocycles. The minimum Gasteiger partial charge on any atom is -0.390 e. The van der Waals surface area contributed by atoms with E-state index in [1.165, 1.54) is 12.1 Å². The summed E-state index contributed by atoms with van der Waals surface area (Å²) < 4.78 is 68.7. The molecular formula is C22H35ClF5N7O2. The van der Waals surface area contributed by atoms with Gasteiger partial charge in [-0.05, 0) is 44.4 Å². The van der Waals surface area contributed by atoms with E-state index in [2.05, 4.69) is 31.9 Å². The first kappa shape index (κ1) is 28.7. The van der Waals surface area contributed by atoms with Crippen LogP contribution in [0.4, 0.5) is 22.0 Å². The van der Waals surface area contributed by atoms with E-state index in [0.29, 0.717) is 25.7 Å². The van der Waals surface area contributed by atoms with Crippen LogP contribution in [0, 0.1) is 11.8 Å². The lowest BCUT2D eigenvalue weighted by Gasteiger charge is -2.32. The Morgan fingerprint density at radius 1 is 1.11 bits per heavy atom. The Balaban J connectivity index is 1.46. The third-order valence-electron chi connectivity index (χ3n) is 7.64. The largest absolute Gasteiger partial charge is 0.405 e. The molecule has 0 bridgehead atoms. The van der Waals surface area contributed by atoms with Gasteiger partial charge in [-0.1, -0.05) is 0 Å². The van der Waals surface area contributed by atoms with Crippen LogP contribution < -0.4 is 26.9 Å². The van der Waals surface area contributed by atoms with Crippen molar-refractivity contribution in [3.63, 3.8) is 0 Å². The lowest BCUT2D eigenvalue weighted by atomic mass is 9.81. The number of hydrogen-bond acceptors (Lipinski definition) is 7. The van der Waals surface area contributed by atoms with E-state index < -0.39 is 60.1 Å². The number of hydrogen-bond donors (Lipinski definition) is 6. The van der Waals surface area contributed by atoms with Crippen LogP contribution in [0.3, 0.4) is 0 Å². The summed E-state index contributed by atoms with van der Waals surface area (Å²) in [5.41, 5.74) is 8.33. The highest BCUT2D eigenvalue weighted by Crippen LogP contribution is 2.33. The maximum atomic E-state index is 14.1. The average Bonchev–Trinajstić information content (AvgIpc) is 3.41. The molecule has 0 aromatic rings. The van der Waals surface area contributed by atoms with Gasteiger partial charge in [0, 0.05) is 37.5 Å². The molecule has 1 amide bonds. The van der Waals surface area contributed by atoms with Crippen LogP contribution in [0.15, 0.2) is 4.99 Å². The zero-order valence-electron chi connectivity index (χ0n) is 20.4. The van der Waals surface area contributed by atoms with E-state index in [1.807, 2.05) is 0 Å². The molecule has 10 atom stereocenters. The molecule has 0 radical (unpaired) electrons. The lowest BCUT2D eigenvalue weighted by Crippen LogP contribution is -2.54. The predicted molar refractivity (Wildman–Crippen MR) is 127 cm³/mol. The molecule has 0 aromatic carbocycles. The van der Waals surface area contributed by atoms with E-state index in [0.717, 1.165) is 0 Å². The van der Waals surface area contributed by atoms with Crippen LogP contribution in [-0.4, -0.2) is 89.9 Å². The second kappa shape index (κ2) is 11.8. The first-order chi connectivity index (χ1) is 17.4. The number of nitrogens with zero attached hydrogens (tertiary/aromatic N) is 2. The fourth-order valence-corrected chi connectivity index (χ4v) is 6.14. The SMILES string of the molecule is CN1CC(C(=O)N/C(=N\C2CC(C3CCC(O)C(F)C3)NN2)NC2CC(F)CC(Cl)C2)C(C(F)(F)F)N1. The highest BCUT2D eigenvalue weighted by atomic mass is 35.5. The Morgan fingerprint density at radius 3 is 2.54 bits per heavy atom. The maximum absolute atomic E-state index is 14.1. The van der Waals surface area contributed by atoms with Crippen LogP contribution in [0.5, 0.6) is 0 Å². The predicted octanol–water partition coefficient (Wildman–Crippen LogP) is 1.24. The van der Waals surface area contributed by atoms with Gasteiger partial charge in [0.15, 0.2) is 5.96 Å². The van der Waals surface area contributed by atoms with Gasteiger partial charge in [-0.25, -0.2) is 29.6 Å². The lowest BCUT2D eigenvalue weighted by molar-refractivity contribution is -0.168. The minimum atomic E-state index is -4.64. The van der Waals surface area contributed by atoms with Gasteiger partial charge in [-0.15, -0.1) is 11.6 Å². The zero-order chi connectivity index (χ0) is 26.9. The fraction of sp³-hybridized carbons (Fsp3) is 0.909. The average molecular weight is 560 g/mol. The molecule has 2 saturated carbocycles. The summed E-state index contributed by atoms with van der Waals surface area (Å²) in [6.07, 6.45) is -6.27. The van der Waals surface area contributed by atoms with Crippen LogP contribution in [0.1, 0.15) is 44.9 Å². The summed E-state index contributed by atoms with van der Waals surface area (Å²) in [6.45, 7) is -0.160. The van der Waals surface area contributed by atoms with E-state index in [-0.39, 0.29) is 43.7 Å². The summed E-state index contributed by atoms with van der Waals surface area (Å²) >= 11 is 6.17. The number of amides is 1. The highest BCUT2D eigenvalue weighted by Gasteiger charge is 2.52. The Morgan fingerprint density at radius 2 is 1.86 bits per heavy atom. The number of halogens is 6. The minimum absolute atomic E-state index is 0.0348. The van der Waals surface area contributed by atoms with E-state index in [4.69, 9.17) is 11.6 Å². The molecule has 2 heterocycles. The standard InChI is InChI=1S/C22H35ClF5N7O2/c1-35-9-14(19(34-35)22(26,27)28)20(37)31-21(29-13-6-11(23)5-12(24)7-13)30-18-8-16(32-33-18)10-2-3-17(36)15(25)4-10/h10-19,32-34,36H,2-9H2,1H3,(H2,29,30,31,37). The number of hydrazine groups is 2. The maximum Gasteiger partial charge on any atom is 0.405 e. The van der Waals surface area contributed by atoms with Crippen molar-refractivity contribution in [2.45, 2.75) is 99.2 Å². The Kier molecular flexibility index (Phi) is 9.17. The van der Waals surface area contributed by atoms with Gasteiger partial charge < -0.3 is 10.4 Å². The summed E-state index contributed by atoms with van der Waals surface area (Å²) in [7, 11) is 1.42. The van der Waals surface area contributed by atoms with Crippen LogP contribution in [0.25, 0.3) is 0 Å². The Labute approximate surface area is 217 Å². The molecule has 0 spiro atoms. The number of rotatable bonds is 4. The quantitative estimate of drug-likeness (QED) is 0.133. The van der Waals surface area contributed by atoms with Crippen molar-refractivity contribution < 1.29 is 31.9 Å². The van der Waals surface area contributed by atoms with E-state index in [1.54, 1.807) is 0 Å². The van der Waals surface area contributed by atoms with Crippen molar-refractivity contribution >= 4 is 23.5 Å². The summed E-state index contributed by atoms with van der Waals surface area (Å²) in [5, 5.41) is 15.9. The Hall–Kier alpha value is -1.32. The molecule has 9 nitrogen and oxygen atoms in total. The monoisotopic (exact) mass is 559 g/mol. The van der Waals surface area contributed by atoms with Crippen molar-refractivity contribution in [1.29, 1.82) is 0 Å². The number of alkyl halides is 6. The first-order valence-electron chi connectivity index (χ1n) is 12.7. The van der Waals surface area contributed by atoms with Crippen LogP contribution in [0.2, 0.25) is 0 Å². The summed E-state index contributed by atoms with van der Waals surface area (Å²) in [5.74, 6) is -2.39. The zero-order valence-corrected chi connectivity index (χ0v) is 21.2. The molecule has 10 unspecified atom stereocenters. The number of carbonyl (C=O) groups is 1. The van der Waals surface area contributed by atoms with Gasteiger partial charge in [0.05, 0.1) is 12.0 Å². The van der Waals surface area contributed by atoms with Gasteiger partial charge in [0.1, 0.15) is 24.6 Å². The second-order valence-electron chi connectivity index (χ2n) is 10.6. The fourth-order valence-electron chi connectivity index (χ4n) is 5.73. The number of aliphatic hydroxyl groups excluding tert-OH is 1. The molecule has 4 fully saturated rings. The molecular weight excluding hydrogens is 525 g/mol. The van der Waals surface area contributed by atoms with Crippen molar-refractivity contribution in [3.8, 4) is 0 Å². The van der Waals surface area contributed by atoms with Crippen molar-refractivity contribution in [2.75, 3.05) is 13.6 Å². The highest BCUT2D eigenvalue weighted by molar-refractivity contribution is 6.20. The third kappa shape index (κ3) is 7.41. The summed E-state index contributed by atoms with van der Waals surface area (Å²) in [4.78, 5) is 17.5. The Bertz CT molecular complexity index is 830. The van der Waals surface area contributed by atoms with Gasteiger partial charge in [-0.2, -0.15) is 13.2 Å². The number of nitrogens with one attached hydrogen (secondary N) is 5. The second-order valence-corrected chi connectivity index (χ2v) is 11.3. The molecule has 15 heteroatoms. The summed E-state index contributed by atoms with van der Waals surface area (Å²) in [6, 6.07) is -2.66. The van der Waals surface area contributed by atoms with Crippen molar-refractivity contribution in [3.05, 3.63) is 0 Å². The smallest absolute Gasteiger partial charge is 0.390 e.